The van der Waals surface area contributed by atoms with Gasteiger partial charge >= 0.3 is 12.1 Å². The molecule has 4 heterocycles. The zero-order valence-corrected chi connectivity index (χ0v) is 14.8. The lowest BCUT2D eigenvalue weighted by atomic mass is 9.92. The molecule has 0 N–H and O–H groups in total. The number of esters is 1. The van der Waals surface area contributed by atoms with Crippen molar-refractivity contribution in [2.24, 2.45) is 0 Å². The van der Waals surface area contributed by atoms with Crippen LogP contribution in [-0.2, 0) is 16.0 Å². The van der Waals surface area contributed by atoms with Crippen LogP contribution in [0.15, 0.2) is 24.5 Å². The number of piperidine rings is 1. The first-order valence-corrected chi connectivity index (χ1v) is 8.83. The summed E-state index contributed by atoms with van der Waals surface area (Å²) in [5, 5.41) is 0.364. The van der Waals surface area contributed by atoms with Gasteiger partial charge in [-0.2, -0.15) is 13.2 Å². The van der Waals surface area contributed by atoms with Crippen molar-refractivity contribution in [1.29, 1.82) is 0 Å². The van der Waals surface area contributed by atoms with Gasteiger partial charge in [-0.05, 0) is 19.2 Å². The quantitative estimate of drug-likeness (QED) is 0.763. The summed E-state index contributed by atoms with van der Waals surface area (Å²) in [4.78, 5) is 19.0. The van der Waals surface area contributed by atoms with E-state index in [1.54, 1.807) is 12.1 Å². The van der Waals surface area contributed by atoms with Crippen molar-refractivity contribution < 1.29 is 27.4 Å². The van der Waals surface area contributed by atoms with Crippen LogP contribution >= 0.6 is 0 Å². The van der Waals surface area contributed by atoms with Crippen molar-refractivity contribution in [2.75, 3.05) is 20.3 Å². The first-order valence-electron chi connectivity index (χ1n) is 8.83. The fourth-order valence-corrected chi connectivity index (χ4v) is 3.96. The molecule has 0 radical (unpaired) electrons. The van der Waals surface area contributed by atoms with Gasteiger partial charge in [0.05, 0.1) is 18.8 Å². The van der Waals surface area contributed by atoms with Crippen molar-refractivity contribution in [2.45, 2.75) is 43.8 Å². The molecule has 6 nitrogen and oxygen atoms in total. The minimum Gasteiger partial charge on any atom is -0.459 e. The van der Waals surface area contributed by atoms with Crippen LogP contribution in [0.4, 0.5) is 13.2 Å². The van der Waals surface area contributed by atoms with Gasteiger partial charge in [-0.1, -0.05) is 0 Å². The molecule has 2 aromatic rings. The molecule has 2 bridgehead atoms. The maximum Gasteiger partial charge on any atom is 0.406 e. The Labute approximate surface area is 153 Å². The number of aromatic nitrogens is 2. The Morgan fingerprint density at radius 3 is 2.70 bits per heavy atom. The van der Waals surface area contributed by atoms with Gasteiger partial charge in [-0.15, -0.1) is 0 Å². The molecule has 2 aromatic heterocycles. The van der Waals surface area contributed by atoms with E-state index in [0.29, 0.717) is 31.4 Å². The Morgan fingerprint density at radius 1 is 1.33 bits per heavy atom. The Kier molecular flexibility index (Phi) is 4.59. The van der Waals surface area contributed by atoms with E-state index in [2.05, 4.69) is 9.88 Å². The second kappa shape index (κ2) is 6.79. The standard InChI is InChI=1S/C18H20F3N3O3/c1-23-11-5-13(6-12(23)9-26-8-11)27-17(25)15-7-24(10-18(19,20)21)16-14(15)3-2-4-22-16/h2-4,7,11-13H,5-6,8-10H2,1H3/t11-,12+,13-. The number of carbonyl (C=O) groups is 1. The Bertz CT molecular complexity index is 837. The SMILES string of the molecule is CN1[C@@H]2COC[C@H]1C[C@@H](OC(=O)c1cn(CC(F)(F)F)c3ncccc13)C2. The highest BCUT2D eigenvalue weighted by molar-refractivity contribution is 6.03. The second-order valence-corrected chi connectivity index (χ2v) is 7.17. The van der Waals surface area contributed by atoms with E-state index < -0.39 is 18.7 Å². The number of hydrogen-bond acceptors (Lipinski definition) is 5. The topological polar surface area (TPSA) is 56.6 Å². The highest BCUT2D eigenvalue weighted by Gasteiger charge is 2.39. The summed E-state index contributed by atoms with van der Waals surface area (Å²) >= 11 is 0. The number of hydrogen-bond donors (Lipinski definition) is 0. The molecule has 9 heteroatoms. The molecule has 2 aliphatic heterocycles. The number of halogens is 3. The molecule has 2 fully saturated rings. The third-order valence-corrected chi connectivity index (χ3v) is 5.32. The van der Waals surface area contributed by atoms with Crippen molar-refractivity contribution in [3.05, 3.63) is 30.1 Å². The van der Waals surface area contributed by atoms with Gasteiger partial charge in [0.2, 0.25) is 0 Å². The predicted molar refractivity (Wildman–Crippen MR) is 90.4 cm³/mol. The van der Waals surface area contributed by atoms with Crippen LogP contribution in [0.1, 0.15) is 23.2 Å². The average molecular weight is 383 g/mol. The number of likely N-dealkylation sites (N-methyl/N-ethyl adjacent to an activating group) is 1. The van der Waals surface area contributed by atoms with Crippen molar-refractivity contribution in [3.8, 4) is 0 Å². The predicted octanol–water partition coefficient (Wildman–Crippen LogP) is 2.62. The van der Waals surface area contributed by atoms with Crippen LogP contribution in [0.2, 0.25) is 0 Å². The van der Waals surface area contributed by atoms with Gasteiger partial charge in [0, 0.05) is 42.7 Å². The molecule has 0 aliphatic carbocycles. The third kappa shape index (κ3) is 3.66. The van der Waals surface area contributed by atoms with E-state index in [1.807, 2.05) is 7.05 Å². The zero-order valence-electron chi connectivity index (χ0n) is 14.8. The second-order valence-electron chi connectivity index (χ2n) is 7.17. The summed E-state index contributed by atoms with van der Waals surface area (Å²) in [5.74, 6) is -0.609. The normalized spacial score (nSPS) is 26.3. The van der Waals surface area contributed by atoms with Crippen molar-refractivity contribution in [1.82, 2.24) is 14.5 Å². The van der Waals surface area contributed by atoms with Gasteiger partial charge in [0.1, 0.15) is 18.3 Å². The number of morpholine rings is 1. The third-order valence-electron chi connectivity index (χ3n) is 5.32. The monoisotopic (exact) mass is 383 g/mol. The highest BCUT2D eigenvalue weighted by Crippen LogP contribution is 2.30. The number of nitrogens with zero attached hydrogens (tertiary/aromatic N) is 3. The molecule has 0 amide bonds. The van der Waals surface area contributed by atoms with E-state index in [-0.39, 0.29) is 29.4 Å². The first-order chi connectivity index (χ1) is 12.8. The van der Waals surface area contributed by atoms with Gasteiger partial charge < -0.3 is 14.0 Å². The zero-order chi connectivity index (χ0) is 19.2. The van der Waals surface area contributed by atoms with E-state index in [0.717, 1.165) is 4.57 Å². The van der Waals surface area contributed by atoms with Crippen LogP contribution in [0.5, 0.6) is 0 Å². The van der Waals surface area contributed by atoms with Crippen LogP contribution in [0.3, 0.4) is 0 Å². The lowest BCUT2D eigenvalue weighted by Crippen LogP contribution is -2.56. The van der Waals surface area contributed by atoms with Crippen molar-refractivity contribution in [3.63, 3.8) is 0 Å². The summed E-state index contributed by atoms with van der Waals surface area (Å²) in [6, 6.07) is 3.55. The Balaban J connectivity index is 1.56. The molecule has 146 valence electrons. The average Bonchev–Trinajstić information content (AvgIpc) is 2.93. The van der Waals surface area contributed by atoms with Crippen molar-refractivity contribution >= 4 is 17.0 Å². The maximum atomic E-state index is 12.8. The highest BCUT2D eigenvalue weighted by atomic mass is 19.4. The Hall–Kier alpha value is -2.13. The summed E-state index contributed by atoms with van der Waals surface area (Å²) < 4.78 is 50.7. The fraction of sp³-hybridized carbons (Fsp3) is 0.556. The molecule has 0 aromatic carbocycles. The molecule has 0 saturated carbocycles. The van der Waals surface area contributed by atoms with Gasteiger partial charge in [-0.25, -0.2) is 9.78 Å². The summed E-state index contributed by atoms with van der Waals surface area (Å²) in [6.07, 6.45) is -0.786. The smallest absolute Gasteiger partial charge is 0.406 e. The van der Waals surface area contributed by atoms with E-state index in [9.17, 15) is 18.0 Å². The van der Waals surface area contributed by atoms with Crippen LogP contribution in [0.25, 0.3) is 11.0 Å². The summed E-state index contributed by atoms with van der Waals surface area (Å²) in [7, 11) is 2.03. The number of ether oxygens (including phenoxy) is 2. The molecule has 4 rings (SSSR count). The molecular weight excluding hydrogens is 363 g/mol. The van der Waals surface area contributed by atoms with E-state index >= 15 is 0 Å². The molecule has 2 aliphatic rings. The summed E-state index contributed by atoms with van der Waals surface area (Å²) in [6.45, 7) is -0.0186. The van der Waals surface area contributed by atoms with Crippen LogP contribution in [0, 0.1) is 0 Å². The lowest BCUT2D eigenvalue weighted by Gasteiger charge is -2.46. The summed E-state index contributed by atoms with van der Waals surface area (Å²) in [5.41, 5.74) is 0.234. The molecule has 0 unspecified atom stereocenters. The van der Waals surface area contributed by atoms with Gasteiger partial charge in [-0.3, -0.25) is 4.90 Å². The van der Waals surface area contributed by atoms with E-state index in [1.165, 1.54) is 12.4 Å². The molecular formula is C18H20F3N3O3. The minimum atomic E-state index is -4.41. The van der Waals surface area contributed by atoms with Crippen LogP contribution in [-0.4, -0.2) is 65.0 Å². The molecule has 27 heavy (non-hydrogen) atoms. The number of fused-ring (bicyclic) bond motifs is 3. The molecule has 3 atom stereocenters. The first kappa shape index (κ1) is 18.2. The number of carbonyl (C=O) groups excluding carboxylic acids is 1. The number of pyridine rings is 1. The largest absolute Gasteiger partial charge is 0.459 e. The number of rotatable bonds is 3. The fourth-order valence-electron chi connectivity index (χ4n) is 3.96. The minimum absolute atomic E-state index is 0.114. The van der Waals surface area contributed by atoms with Gasteiger partial charge in [0.15, 0.2) is 0 Å². The Morgan fingerprint density at radius 2 is 2.04 bits per heavy atom. The molecule has 0 spiro atoms. The maximum absolute atomic E-state index is 12.8. The lowest BCUT2D eigenvalue weighted by molar-refractivity contribution is -0.140. The van der Waals surface area contributed by atoms with E-state index in [4.69, 9.17) is 9.47 Å². The number of alkyl halides is 3. The molecule has 2 saturated heterocycles. The van der Waals surface area contributed by atoms with Gasteiger partial charge in [0.25, 0.3) is 0 Å². The van der Waals surface area contributed by atoms with Crippen LogP contribution < -0.4 is 0 Å².